The Morgan fingerprint density at radius 3 is 2.94 bits per heavy atom. The summed E-state index contributed by atoms with van der Waals surface area (Å²) in [6.45, 7) is 6.11. The van der Waals surface area contributed by atoms with E-state index in [1.54, 1.807) is 0 Å². The fourth-order valence-electron chi connectivity index (χ4n) is 3.05. The first-order valence-corrected chi connectivity index (χ1v) is 8.01. The average molecular weight is 262 g/mol. The molecular weight excluding hydrogens is 240 g/mol. The summed E-state index contributed by atoms with van der Waals surface area (Å²) >= 11 is 1.98. The lowest BCUT2D eigenvalue weighted by molar-refractivity contribution is 0.290. The maximum absolute atomic E-state index is 3.80. The van der Waals surface area contributed by atoms with Gasteiger partial charge in [0.2, 0.25) is 0 Å². The molecule has 2 atom stereocenters. The van der Waals surface area contributed by atoms with Gasteiger partial charge in [0.05, 0.1) is 0 Å². The molecule has 0 radical (unpaired) electrons. The van der Waals surface area contributed by atoms with Gasteiger partial charge in [-0.15, -0.1) is 11.8 Å². The summed E-state index contributed by atoms with van der Waals surface area (Å²) in [5, 5.41) is 3.80. The van der Waals surface area contributed by atoms with Crippen molar-refractivity contribution in [1.82, 2.24) is 10.2 Å². The molecule has 2 nitrogen and oxygen atoms in total. The minimum absolute atomic E-state index is 0.545. The van der Waals surface area contributed by atoms with E-state index in [1.807, 2.05) is 11.8 Å². The summed E-state index contributed by atoms with van der Waals surface area (Å²) in [6, 6.07) is 9.94. The standard InChI is InChI=1S/C15H22N2S/c1-12(10-17-8-4-5-9-17)16-14-11-18-15-7-3-2-6-13(14)15/h2-3,6-7,12,14,16H,4-5,8-11H2,1H3. The number of hydrogen-bond donors (Lipinski definition) is 1. The van der Waals surface area contributed by atoms with Crippen LogP contribution in [0.4, 0.5) is 0 Å². The van der Waals surface area contributed by atoms with Gasteiger partial charge in [0, 0.05) is 29.3 Å². The smallest absolute Gasteiger partial charge is 0.0429 e. The molecule has 1 aromatic rings. The Bertz CT molecular complexity index is 401. The van der Waals surface area contributed by atoms with Crippen LogP contribution in [0.15, 0.2) is 29.2 Å². The quantitative estimate of drug-likeness (QED) is 0.898. The Labute approximate surface area is 114 Å². The van der Waals surface area contributed by atoms with Gasteiger partial charge in [0.15, 0.2) is 0 Å². The topological polar surface area (TPSA) is 15.3 Å². The molecule has 3 heteroatoms. The molecule has 0 saturated carbocycles. The number of fused-ring (bicyclic) bond motifs is 1. The number of nitrogens with zero attached hydrogens (tertiary/aromatic N) is 1. The molecule has 0 aliphatic carbocycles. The molecule has 1 fully saturated rings. The minimum atomic E-state index is 0.545. The third-order valence-electron chi connectivity index (χ3n) is 3.92. The molecule has 98 valence electrons. The van der Waals surface area contributed by atoms with Gasteiger partial charge in [-0.1, -0.05) is 18.2 Å². The average Bonchev–Trinajstić information content (AvgIpc) is 3.00. The Kier molecular flexibility index (Phi) is 3.92. The fourth-order valence-corrected chi connectivity index (χ4v) is 4.22. The number of benzene rings is 1. The number of rotatable bonds is 4. The van der Waals surface area contributed by atoms with Gasteiger partial charge in [0.1, 0.15) is 0 Å². The second-order valence-electron chi connectivity index (χ2n) is 5.48. The van der Waals surface area contributed by atoms with Crippen LogP contribution in [0.1, 0.15) is 31.4 Å². The van der Waals surface area contributed by atoms with Gasteiger partial charge < -0.3 is 10.2 Å². The van der Waals surface area contributed by atoms with Crippen LogP contribution in [0.25, 0.3) is 0 Å². The second-order valence-corrected chi connectivity index (χ2v) is 6.54. The van der Waals surface area contributed by atoms with Crippen LogP contribution in [0.5, 0.6) is 0 Å². The monoisotopic (exact) mass is 262 g/mol. The van der Waals surface area contributed by atoms with E-state index in [9.17, 15) is 0 Å². The molecule has 0 spiro atoms. The highest BCUT2D eigenvalue weighted by Gasteiger charge is 2.24. The second kappa shape index (κ2) is 5.64. The van der Waals surface area contributed by atoms with Crippen LogP contribution in [-0.2, 0) is 0 Å². The Morgan fingerprint density at radius 2 is 2.11 bits per heavy atom. The van der Waals surface area contributed by atoms with Crippen molar-refractivity contribution in [3.05, 3.63) is 29.8 Å². The first-order valence-electron chi connectivity index (χ1n) is 7.03. The van der Waals surface area contributed by atoms with Crippen LogP contribution in [0.3, 0.4) is 0 Å². The van der Waals surface area contributed by atoms with Crippen LogP contribution in [0, 0.1) is 0 Å². The van der Waals surface area contributed by atoms with E-state index in [1.165, 1.54) is 48.7 Å². The summed E-state index contributed by atoms with van der Waals surface area (Å²) in [5.74, 6) is 1.18. The van der Waals surface area contributed by atoms with E-state index in [4.69, 9.17) is 0 Å². The zero-order chi connectivity index (χ0) is 12.4. The third kappa shape index (κ3) is 2.73. The van der Waals surface area contributed by atoms with Gasteiger partial charge >= 0.3 is 0 Å². The SMILES string of the molecule is CC(CN1CCCC1)NC1CSc2ccccc21. The van der Waals surface area contributed by atoms with Crippen molar-refractivity contribution >= 4 is 11.8 Å². The molecule has 3 rings (SSSR count). The summed E-state index contributed by atoms with van der Waals surface area (Å²) in [4.78, 5) is 4.05. The summed E-state index contributed by atoms with van der Waals surface area (Å²) in [5.41, 5.74) is 1.50. The molecule has 1 saturated heterocycles. The molecule has 1 N–H and O–H groups in total. The molecular formula is C15H22N2S. The van der Waals surface area contributed by atoms with Crippen molar-refractivity contribution in [2.45, 2.75) is 36.7 Å². The number of hydrogen-bond acceptors (Lipinski definition) is 3. The third-order valence-corrected chi connectivity index (χ3v) is 5.10. The predicted molar refractivity (Wildman–Crippen MR) is 78.2 cm³/mol. The maximum Gasteiger partial charge on any atom is 0.0429 e. The van der Waals surface area contributed by atoms with Gasteiger partial charge in [-0.2, -0.15) is 0 Å². The van der Waals surface area contributed by atoms with Gasteiger partial charge in [-0.25, -0.2) is 0 Å². The highest BCUT2D eigenvalue weighted by molar-refractivity contribution is 7.99. The van der Waals surface area contributed by atoms with Gasteiger partial charge in [-0.05, 0) is 44.5 Å². The zero-order valence-corrected chi connectivity index (χ0v) is 11.9. The van der Waals surface area contributed by atoms with E-state index in [0.717, 1.165) is 0 Å². The first kappa shape index (κ1) is 12.5. The molecule has 1 aromatic carbocycles. The largest absolute Gasteiger partial charge is 0.305 e. The lowest BCUT2D eigenvalue weighted by atomic mass is 10.1. The van der Waals surface area contributed by atoms with Crippen molar-refractivity contribution in [3.8, 4) is 0 Å². The molecule has 2 aliphatic heterocycles. The molecule has 0 bridgehead atoms. The van der Waals surface area contributed by atoms with E-state index in [-0.39, 0.29) is 0 Å². The predicted octanol–water partition coefficient (Wildman–Crippen LogP) is 2.91. The number of likely N-dealkylation sites (tertiary alicyclic amines) is 1. The highest BCUT2D eigenvalue weighted by atomic mass is 32.2. The van der Waals surface area contributed by atoms with Crippen molar-refractivity contribution in [2.75, 3.05) is 25.4 Å². The lowest BCUT2D eigenvalue weighted by Gasteiger charge is -2.24. The van der Waals surface area contributed by atoms with Crippen LogP contribution < -0.4 is 5.32 Å². The highest BCUT2D eigenvalue weighted by Crippen LogP contribution is 2.37. The van der Waals surface area contributed by atoms with Crippen molar-refractivity contribution in [3.63, 3.8) is 0 Å². The zero-order valence-electron chi connectivity index (χ0n) is 11.1. The van der Waals surface area contributed by atoms with Crippen molar-refractivity contribution in [1.29, 1.82) is 0 Å². The van der Waals surface area contributed by atoms with Gasteiger partial charge in [-0.3, -0.25) is 0 Å². The Hall–Kier alpha value is -0.510. The van der Waals surface area contributed by atoms with E-state index in [2.05, 4.69) is 41.4 Å². The Morgan fingerprint density at radius 1 is 1.33 bits per heavy atom. The van der Waals surface area contributed by atoms with Crippen LogP contribution in [-0.4, -0.2) is 36.3 Å². The Balaban J connectivity index is 1.57. The van der Waals surface area contributed by atoms with E-state index < -0.39 is 0 Å². The minimum Gasteiger partial charge on any atom is -0.305 e. The molecule has 2 aliphatic rings. The van der Waals surface area contributed by atoms with Crippen LogP contribution in [0.2, 0.25) is 0 Å². The van der Waals surface area contributed by atoms with Crippen LogP contribution >= 0.6 is 11.8 Å². The fraction of sp³-hybridized carbons (Fsp3) is 0.600. The van der Waals surface area contributed by atoms with Gasteiger partial charge in [0.25, 0.3) is 0 Å². The molecule has 2 heterocycles. The molecule has 0 aromatic heterocycles. The summed E-state index contributed by atoms with van der Waals surface area (Å²) in [6.07, 6.45) is 2.77. The first-order chi connectivity index (χ1) is 8.83. The van der Waals surface area contributed by atoms with Crippen molar-refractivity contribution < 1.29 is 0 Å². The maximum atomic E-state index is 3.80. The van der Waals surface area contributed by atoms with E-state index in [0.29, 0.717) is 12.1 Å². The normalized spacial score (nSPS) is 25.3. The summed E-state index contributed by atoms with van der Waals surface area (Å²) < 4.78 is 0. The van der Waals surface area contributed by atoms with Crippen molar-refractivity contribution in [2.24, 2.45) is 0 Å². The number of thioether (sulfide) groups is 1. The summed E-state index contributed by atoms with van der Waals surface area (Å²) in [7, 11) is 0. The molecule has 0 amide bonds. The molecule has 18 heavy (non-hydrogen) atoms. The number of nitrogens with one attached hydrogen (secondary N) is 1. The molecule has 2 unspecified atom stereocenters. The van der Waals surface area contributed by atoms with E-state index >= 15 is 0 Å². The lowest BCUT2D eigenvalue weighted by Crippen LogP contribution is -2.39.